The van der Waals surface area contributed by atoms with Crippen LogP contribution in [0.1, 0.15) is 24.7 Å². The van der Waals surface area contributed by atoms with Crippen LogP contribution in [0.15, 0.2) is 21.8 Å². The number of aromatic nitrogens is 4. The van der Waals surface area contributed by atoms with Crippen LogP contribution < -0.4 is 4.72 Å². The number of hydrogen-bond acceptors (Lipinski definition) is 4. The van der Waals surface area contributed by atoms with E-state index >= 15 is 0 Å². The predicted octanol–water partition coefficient (Wildman–Crippen LogP) is 1.85. The smallest absolute Gasteiger partial charge is 0.243 e. The summed E-state index contributed by atoms with van der Waals surface area (Å²) >= 11 is 3.48. The number of rotatable bonds is 7. The van der Waals surface area contributed by atoms with E-state index in [1.54, 1.807) is 4.68 Å². The molecule has 0 amide bonds. The first kappa shape index (κ1) is 17.2. The van der Waals surface area contributed by atoms with Gasteiger partial charge in [-0.1, -0.05) is 0 Å². The number of sulfonamides is 1. The Labute approximate surface area is 138 Å². The number of hydrogen-bond donors (Lipinski definition) is 1. The van der Waals surface area contributed by atoms with E-state index in [4.69, 9.17) is 0 Å². The SMILES string of the molecule is CCn1cc(S(=O)(=O)NCCCn2nc(C)c(Br)c2C)cn1. The molecule has 2 aromatic rings. The van der Waals surface area contributed by atoms with E-state index < -0.39 is 10.0 Å². The Kier molecular flexibility index (Phi) is 5.41. The first-order valence-electron chi connectivity index (χ1n) is 7.06. The van der Waals surface area contributed by atoms with Crippen LogP contribution in [0.2, 0.25) is 0 Å². The predicted molar refractivity (Wildman–Crippen MR) is 87.1 cm³/mol. The van der Waals surface area contributed by atoms with Crippen molar-refractivity contribution in [2.24, 2.45) is 0 Å². The van der Waals surface area contributed by atoms with Gasteiger partial charge in [0.2, 0.25) is 10.0 Å². The zero-order valence-corrected chi connectivity index (χ0v) is 15.3. The number of nitrogens with one attached hydrogen (secondary N) is 1. The second-order valence-corrected chi connectivity index (χ2v) is 7.55. The topological polar surface area (TPSA) is 81.8 Å². The molecule has 7 nitrogen and oxygen atoms in total. The second-order valence-electron chi connectivity index (χ2n) is 4.99. The number of halogens is 1. The van der Waals surface area contributed by atoms with Crippen LogP contribution in [-0.2, 0) is 23.1 Å². The van der Waals surface area contributed by atoms with Crippen LogP contribution >= 0.6 is 15.9 Å². The molecular weight excluding hydrogens is 370 g/mol. The molecule has 2 rings (SSSR count). The molecule has 0 saturated carbocycles. The van der Waals surface area contributed by atoms with Crippen molar-refractivity contribution >= 4 is 26.0 Å². The third-order valence-electron chi connectivity index (χ3n) is 3.38. The van der Waals surface area contributed by atoms with E-state index in [-0.39, 0.29) is 4.90 Å². The van der Waals surface area contributed by atoms with Gasteiger partial charge in [-0.25, -0.2) is 13.1 Å². The average Bonchev–Trinajstić information content (AvgIpc) is 3.06. The van der Waals surface area contributed by atoms with E-state index in [1.807, 2.05) is 25.5 Å². The average molecular weight is 390 g/mol. The van der Waals surface area contributed by atoms with Crippen molar-refractivity contribution in [1.29, 1.82) is 0 Å². The highest BCUT2D eigenvalue weighted by molar-refractivity contribution is 9.10. The van der Waals surface area contributed by atoms with Crippen LogP contribution in [0.25, 0.3) is 0 Å². The zero-order chi connectivity index (χ0) is 16.3. The lowest BCUT2D eigenvalue weighted by Gasteiger charge is -2.06. The summed E-state index contributed by atoms with van der Waals surface area (Å²) in [7, 11) is -3.49. The molecule has 0 spiro atoms. The summed E-state index contributed by atoms with van der Waals surface area (Å²) in [5.74, 6) is 0. The summed E-state index contributed by atoms with van der Waals surface area (Å²) in [6, 6.07) is 0. The summed E-state index contributed by atoms with van der Waals surface area (Å²) in [6.07, 6.45) is 3.56. The molecular formula is C13H20BrN5O2S. The molecule has 0 fully saturated rings. The number of nitrogens with zero attached hydrogens (tertiary/aromatic N) is 4. The van der Waals surface area contributed by atoms with Crippen molar-refractivity contribution in [1.82, 2.24) is 24.3 Å². The molecule has 0 unspecified atom stereocenters. The Morgan fingerprint density at radius 3 is 2.64 bits per heavy atom. The van der Waals surface area contributed by atoms with Gasteiger partial charge in [0.1, 0.15) is 4.90 Å². The highest BCUT2D eigenvalue weighted by Crippen LogP contribution is 2.19. The molecule has 0 radical (unpaired) electrons. The standard InChI is InChI=1S/C13H20BrN5O2S/c1-4-18-9-12(8-15-18)22(20,21)16-6-5-7-19-11(3)13(14)10(2)17-19/h8-9,16H,4-7H2,1-3H3. The minimum Gasteiger partial charge on any atom is -0.272 e. The molecule has 0 aliphatic carbocycles. The van der Waals surface area contributed by atoms with E-state index in [0.29, 0.717) is 26.1 Å². The van der Waals surface area contributed by atoms with Crippen molar-refractivity contribution in [3.05, 3.63) is 28.3 Å². The highest BCUT2D eigenvalue weighted by atomic mass is 79.9. The fraction of sp³-hybridized carbons (Fsp3) is 0.538. The molecule has 0 bridgehead atoms. The Morgan fingerprint density at radius 2 is 2.09 bits per heavy atom. The van der Waals surface area contributed by atoms with Crippen LogP contribution in [0.5, 0.6) is 0 Å². The van der Waals surface area contributed by atoms with E-state index in [9.17, 15) is 8.42 Å². The summed E-state index contributed by atoms with van der Waals surface area (Å²) in [6.45, 7) is 7.48. The van der Waals surface area contributed by atoms with Gasteiger partial charge in [-0.15, -0.1) is 0 Å². The molecule has 0 saturated heterocycles. The zero-order valence-electron chi connectivity index (χ0n) is 12.9. The van der Waals surface area contributed by atoms with Gasteiger partial charge in [0.25, 0.3) is 0 Å². The van der Waals surface area contributed by atoms with Crippen molar-refractivity contribution in [2.45, 2.75) is 45.2 Å². The van der Waals surface area contributed by atoms with Crippen molar-refractivity contribution in [3.63, 3.8) is 0 Å². The van der Waals surface area contributed by atoms with Gasteiger partial charge in [-0.05, 0) is 43.1 Å². The third-order valence-corrected chi connectivity index (χ3v) is 5.94. The van der Waals surface area contributed by atoms with Gasteiger partial charge in [-0.2, -0.15) is 10.2 Å². The monoisotopic (exact) mass is 389 g/mol. The summed E-state index contributed by atoms with van der Waals surface area (Å²) < 4.78 is 31.3. The molecule has 1 N–H and O–H groups in total. The van der Waals surface area contributed by atoms with E-state index in [1.165, 1.54) is 12.4 Å². The Bertz CT molecular complexity index is 751. The molecule has 2 heterocycles. The normalized spacial score (nSPS) is 12.0. The van der Waals surface area contributed by atoms with Crippen LogP contribution in [-0.4, -0.2) is 34.5 Å². The molecule has 0 aromatic carbocycles. The van der Waals surface area contributed by atoms with Crippen LogP contribution in [0, 0.1) is 13.8 Å². The third kappa shape index (κ3) is 3.76. The maximum atomic E-state index is 12.1. The van der Waals surface area contributed by atoms with Gasteiger partial charge >= 0.3 is 0 Å². The summed E-state index contributed by atoms with van der Waals surface area (Å²) in [5.41, 5.74) is 1.98. The van der Waals surface area contributed by atoms with E-state index in [0.717, 1.165) is 15.9 Å². The van der Waals surface area contributed by atoms with Crippen molar-refractivity contribution in [2.75, 3.05) is 6.54 Å². The highest BCUT2D eigenvalue weighted by Gasteiger charge is 2.15. The summed E-state index contributed by atoms with van der Waals surface area (Å²) in [4.78, 5) is 0.197. The largest absolute Gasteiger partial charge is 0.272 e. The lowest BCUT2D eigenvalue weighted by molar-refractivity contribution is 0.544. The first-order valence-corrected chi connectivity index (χ1v) is 9.34. The van der Waals surface area contributed by atoms with Gasteiger partial charge in [0.05, 0.1) is 16.4 Å². The Morgan fingerprint density at radius 1 is 1.36 bits per heavy atom. The molecule has 0 aliphatic rings. The molecule has 0 atom stereocenters. The lowest BCUT2D eigenvalue weighted by atomic mass is 10.4. The van der Waals surface area contributed by atoms with Crippen LogP contribution in [0.4, 0.5) is 0 Å². The Balaban J connectivity index is 1.89. The molecule has 22 heavy (non-hydrogen) atoms. The molecule has 9 heteroatoms. The van der Waals surface area contributed by atoms with Crippen molar-refractivity contribution < 1.29 is 8.42 Å². The minimum absolute atomic E-state index is 0.197. The van der Waals surface area contributed by atoms with Gasteiger partial charge < -0.3 is 0 Å². The molecule has 2 aromatic heterocycles. The first-order chi connectivity index (χ1) is 10.3. The molecule has 0 aliphatic heterocycles. The van der Waals surface area contributed by atoms with Crippen molar-refractivity contribution in [3.8, 4) is 0 Å². The number of aryl methyl sites for hydroxylation is 3. The maximum Gasteiger partial charge on any atom is 0.243 e. The van der Waals surface area contributed by atoms with Gasteiger partial charge in [0.15, 0.2) is 0 Å². The fourth-order valence-electron chi connectivity index (χ4n) is 2.07. The second kappa shape index (κ2) is 6.93. The lowest BCUT2D eigenvalue weighted by Crippen LogP contribution is -2.25. The van der Waals surface area contributed by atoms with Gasteiger partial charge in [0, 0.05) is 31.5 Å². The quantitative estimate of drug-likeness (QED) is 0.732. The van der Waals surface area contributed by atoms with Crippen LogP contribution in [0.3, 0.4) is 0 Å². The maximum absolute atomic E-state index is 12.1. The molecule has 122 valence electrons. The fourth-order valence-corrected chi connectivity index (χ4v) is 3.38. The Hall–Kier alpha value is -1.19. The minimum atomic E-state index is -3.49. The van der Waals surface area contributed by atoms with Gasteiger partial charge in [-0.3, -0.25) is 9.36 Å². The summed E-state index contributed by atoms with van der Waals surface area (Å²) in [5, 5.41) is 8.37. The van der Waals surface area contributed by atoms with E-state index in [2.05, 4.69) is 30.8 Å².